The molecule has 3 aromatic carbocycles. The molecule has 3 aromatic rings. The number of hydrogen-bond donors (Lipinski definition) is 1. The van der Waals surface area contributed by atoms with Crippen molar-refractivity contribution in [3.05, 3.63) is 95.6 Å². The lowest BCUT2D eigenvalue weighted by Gasteiger charge is -2.34. The van der Waals surface area contributed by atoms with Crippen molar-refractivity contribution in [3.8, 4) is 5.75 Å². The Morgan fingerprint density at radius 2 is 1.84 bits per heavy atom. The Hall–Kier alpha value is -3.11. The molecule has 31 heavy (non-hydrogen) atoms. The summed E-state index contributed by atoms with van der Waals surface area (Å²) >= 11 is 0. The summed E-state index contributed by atoms with van der Waals surface area (Å²) in [5.74, 6) is 1.25. The normalized spacial score (nSPS) is 22.9. The summed E-state index contributed by atoms with van der Waals surface area (Å²) in [5, 5.41) is 3.18. The van der Waals surface area contributed by atoms with E-state index in [4.69, 9.17) is 4.74 Å². The first-order valence-electron chi connectivity index (χ1n) is 11.0. The summed E-state index contributed by atoms with van der Waals surface area (Å²) in [7, 11) is 1.71. The van der Waals surface area contributed by atoms with Gasteiger partial charge < -0.3 is 15.0 Å². The monoisotopic (exact) mass is 412 g/mol. The lowest BCUT2D eigenvalue weighted by Crippen LogP contribution is -2.44. The summed E-state index contributed by atoms with van der Waals surface area (Å²) in [6, 6.07) is 26.8. The van der Waals surface area contributed by atoms with Gasteiger partial charge in [-0.15, -0.1) is 0 Å². The SMILES string of the molecule is COc1cccc(CCN2CC[C@@H](C3(c4ccccc4)C(=O)Nc4ccccc43)C2)c1. The highest BCUT2D eigenvalue weighted by Crippen LogP contribution is 2.50. The van der Waals surface area contributed by atoms with Crippen molar-refractivity contribution < 1.29 is 9.53 Å². The van der Waals surface area contributed by atoms with Gasteiger partial charge >= 0.3 is 0 Å². The van der Waals surface area contributed by atoms with Crippen molar-refractivity contribution >= 4 is 11.6 Å². The average molecular weight is 413 g/mol. The molecule has 2 atom stereocenters. The molecule has 2 heterocycles. The van der Waals surface area contributed by atoms with E-state index in [0.29, 0.717) is 0 Å². The third-order valence-electron chi connectivity index (χ3n) is 6.92. The van der Waals surface area contributed by atoms with E-state index in [-0.39, 0.29) is 11.8 Å². The van der Waals surface area contributed by atoms with Gasteiger partial charge in [-0.1, -0.05) is 60.7 Å². The zero-order chi connectivity index (χ0) is 21.3. The van der Waals surface area contributed by atoms with Gasteiger partial charge in [0.05, 0.1) is 7.11 Å². The number of para-hydroxylation sites is 1. The molecule has 1 fully saturated rings. The van der Waals surface area contributed by atoms with Crippen molar-refractivity contribution in [3.63, 3.8) is 0 Å². The van der Waals surface area contributed by atoms with Gasteiger partial charge in [0.25, 0.3) is 0 Å². The molecule has 4 nitrogen and oxygen atoms in total. The summed E-state index contributed by atoms with van der Waals surface area (Å²) < 4.78 is 5.36. The van der Waals surface area contributed by atoms with Crippen LogP contribution in [0.4, 0.5) is 5.69 Å². The van der Waals surface area contributed by atoms with Crippen LogP contribution in [0.1, 0.15) is 23.1 Å². The molecule has 0 aliphatic carbocycles. The van der Waals surface area contributed by atoms with E-state index in [2.05, 4.69) is 40.5 Å². The predicted octanol–water partition coefficient (Wildman–Crippen LogP) is 4.50. The first-order chi connectivity index (χ1) is 15.2. The maximum atomic E-state index is 13.6. The fourth-order valence-electron chi connectivity index (χ4n) is 5.41. The smallest absolute Gasteiger partial charge is 0.239 e. The van der Waals surface area contributed by atoms with Crippen LogP contribution in [0.15, 0.2) is 78.9 Å². The summed E-state index contributed by atoms with van der Waals surface area (Å²) in [6.45, 7) is 2.91. The maximum absolute atomic E-state index is 13.6. The third kappa shape index (κ3) is 3.41. The van der Waals surface area contributed by atoms with Gasteiger partial charge in [-0.2, -0.15) is 0 Å². The second-order valence-electron chi connectivity index (χ2n) is 8.56. The van der Waals surface area contributed by atoms with Crippen molar-refractivity contribution in [1.82, 2.24) is 4.90 Å². The average Bonchev–Trinajstić information content (AvgIpc) is 3.40. The number of carbonyl (C=O) groups is 1. The molecule has 0 saturated carbocycles. The van der Waals surface area contributed by atoms with Crippen molar-refractivity contribution in [1.29, 1.82) is 0 Å². The van der Waals surface area contributed by atoms with Crippen LogP contribution >= 0.6 is 0 Å². The number of benzene rings is 3. The van der Waals surface area contributed by atoms with Crippen LogP contribution in [0.2, 0.25) is 0 Å². The molecule has 0 spiro atoms. The lowest BCUT2D eigenvalue weighted by molar-refractivity contribution is -0.121. The number of anilines is 1. The Balaban J connectivity index is 1.41. The quantitative estimate of drug-likeness (QED) is 0.648. The Morgan fingerprint density at radius 1 is 1.03 bits per heavy atom. The molecule has 2 aliphatic heterocycles. The highest BCUT2D eigenvalue weighted by atomic mass is 16.5. The number of carbonyl (C=O) groups excluding carboxylic acids is 1. The van der Waals surface area contributed by atoms with Crippen molar-refractivity contribution in [2.24, 2.45) is 5.92 Å². The van der Waals surface area contributed by atoms with Crippen LogP contribution in [0.3, 0.4) is 0 Å². The van der Waals surface area contributed by atoms with Crippen LogP contribution < -0.4 is 10.1 Å². The van der Waals surface area contributed by atoms with Crippen molar-refractivity contribution in [2.45, 2.75) is 18.3 Å². The molecule has 1 unspecified atom stereocenters. The minimum absolute atomic E-state index is 0.111. The van der Waals surface area contributed by atoms with Gasteiger partial charge in [0.1, 0.15) is 11.2 Å². The van der Waals surface area contributed by atoms with Crippen LogP contribution in [-0.4, -0.2) is 37.6 Å². The summed E-state index contributed by atoms with van der Waals surface area (Å²) in [5.41, 5.74) is 3.82. The number of nitrogens with zero attached hydrogens (tertiary/aromatic N) is 1. The van der Waals surface area contributed by atoms with E-state index in [1.54, 1.807) is 7.11 Å². The van der Waals surface area contributed by atoms with E-state index in [0.717, 1.165) is 55.0 Å². The summed E-state index contributed by atoms with van der Waals surface area (Å²) in [6.07, 6.45) is 1.99. The zero-order valence-electron chi connectivity index (χ0n) is 17.9. The number of likely N-dealkylation sites (tertiary alicyclic amines) is 1. The minimum Gasteiger partial charge on any atom is -0.497 e. The number of rotatable bonds is 6. The fraction of sp³-hybridized carbons (Fsp3) is 0.296. The number of methoxy groups -OCH3 is 1. The second-order valence-corrected chi connectivity index (χ2v) is 8.56. The molecule has 1 amide bonds. The number of fused-ring (bicyclic) bond motifs is 1. The molecule has 0 aromatic heterocycles. The molecule has 0 radical (unpaired) electrons. The Bertz CT molecular complexity index is 1080. The highest BCUT2D eigenvalue weighted by molar-refractivity contribution is 6.09. The van der Waals surface area contributed by atoms with Gasteiger partial charge in [-0.3, -0.25) is 4.79 Å². The van der Waals surface area contributed by atoms with E-state index >= 15 is 0 Å². The molecule has 0 bridgehead atoms. The molecule has 4 heteroatoms. The van der Waals surface area contributed by atoms with Crippen LogP contribution in [0.5, 0.6) is 5.75 Å². The molecule has 1 saturated heterocycles. The Kier molecular flexibility index (Phi) is 5.24. The number of amides is 1. The molecule has 1 N–H and O–H groups in total. The highest BCUT2D eigenvalue weighted by Gasteiger charge is 2.54. The molecule has 2 aliphatic rings. The molecular weight excluding hydrogens is 384 g/mol. The number of nitrogens with one attached hydrogen (secondary N) is 1. The number of hydrogen-bond acceptors (Lipinski definition) is 3. The van der Waals surface area contributed by atoms with E-state index in [1.807, 2.05) is 48.5 Å². The summed E-state index contributed by atoms with van der Waals surface area (Å²) in [4.78, 5) is 16.1. The van der Waals surface area contributed by atoms with Gasteiger partial charge in [-0.05, 0) is 60.2 Å². The number of ether oxygens (including phenoxy) is 1. The van der Waals surface area contributed by atoms with Gasteiger partial charge in [-0.25, -0.2) is 0 Å². The maximum Gasteiger partial charge on any atom is 0.239 e. The first kappa shape index (κ1) is 19.8. The molecule has 158 valence electrons. The third-order valence-corrected chi connectivity index (χ3v) is 6.92. The van der Waals surface area contributed by atoms with Gasteiger partial charge in [0.15, 0.2) is 0 Å². The molecule has 5 rings (SSSR count). The minimum atomic E-state index is -0.622. The van der Waals surface area contributed by atoms with Gasteiger partial charge in [0, 0.05) is 18.8 Å². The van der Waals surface area contributed by atoms with Crippen molar-refractivity contribution in [2.75, 3.05) is 32.1 Å². The van der Waals surface area contributed by atoms with E-state index in [9.17, 15) is 4.79 Å². The Morgan fingerprint density at radius 3 is 2.68 bits per heavy atom. The topological polar surface area (TPSA) is 41.6 Å². The van der Waals surface area contributed by atoms with Crippen LogP contribution in [0, 0.1) is 5.92 Å². The molecular formula is C27H28N2O2. The largest absolute Gasteiger partial charge is 0.497 e. The fourth-order valence-corrected chi connectivity index (χ4v) is 5.41. The van der Waals surface area contributed by atoms with E-state index in [1.165, 1.54) is 5.56 Å². The standard InChI is InChI=1S/C27H28N2O2/c1-31-23-11-7-8-20(18-23)14-16-29-17-15-22(19-29)27(21-9-3-2-4-10-21)24-12-5-6-13-25(24)28-26(27)30/h2-13,18,22H,14-17,19H2,1H3,(H,28,30)/t22-,27?/m1/s1. The Labute approximate surface area is 183 Å². The van der Waals surface area contributed by atoms with E-state index < -0.39 is 5.41 Å². The van der Waals surface area contributed by atoms with Crippen LogP contribution in [-0.2, 0) is 16.6 Å². The second kappa shape index (κ2) is 8.20. The lowest BCUT2D eigenvalue weighted by atomic mass is 9.66. The van der Waals surface area contributed by atoms with Crippen LogP contribution in [0.25, 0.3) is 0 Å². The first-order valence-corrected chi connectivity index (χ1v) is 11.0. The van der Waals surface area contributed by atoms with Gasteiger partial charge in [0.2, 0.25) is 5.91 Å². The zero-order valence-corrected chi connectivity index (χ0v) is 17.9. The predicted molar refractivity (Wildman–Crippen MR) is 124 cm³/mol.